The number of hydrogen-bond acceptors (Lipinski definition) is 2. The third kappa shape index (κ3) is 2.62. The molecule has 0 radical (unpaired) electrons. The third-order valence-electron chi connectivity index (χ3n) is 3.91. The van der Waals surface area contributed by atoms with Gasteiger partial charge in [-0.3, -0.25) is 9.59 Å². The minimum atomic E-state index is -0.576. The van der Waals surface area contributed by atoms with Crippen LogP contribution >= 0.6 is 0 Å². The monoisotopic (exact) mass is 260 g/mol. The summed E-state index contributed by atoms with van der Waals surface area (Å²) >= 11 is 0. The molecule has 0 bridgehead atoms. The first-order chi connectivity index (χ1) is 8.93. The second-order valence-electron chi connectivity index (χ2n) is 5.63. The number of nitrogens with two attached hydrogens (primary N) is 1. The molecule has 1 unspecified atom stereocenters. The van der Waals surface area contributed by atoms with E-state index in [2.05, 4.69) is 0 Å². The highest BCUT2D eigenvalue weighted by atomic mass is 16.2. The fourth-order valence-corrected chi connectivity index (χ4v) is 2.55. The molecule has 2 amide bonds. The number of carbonyl (C=O) groups excluding carboxylic acids is 2. The van der Waals surface area contributed by atoms with Gasteiger partial charge in [-0.15, -0.1) is 0 Å². The van der Waals surface area contributed by atoms with E-state index < -0.39 is 5.41 Å². The number of nitrogens with zero attached hydrogens (tertiary/aromatic N) is 1. The zero-order valence-electron chi connectivity index (χ0n) is 11.4. The molecule has 4 nitrogen and oxygen atoms in total. The second kappa shape index (κ2) is 5.03. The average molecular weight is 260 g/mol. The number of amides is 2. The summed E-state index contributed by atoms with van der Waals surface area (Å²) < 4.78 is 0. The minimum absolute atomic E-state index is 0.0578. The van der Waals surface area contributed by atoms with Gasteiger partial charge in [0, 0.05) is 13.1 Å². The quantitative estimate of drug-likeness (QED) is 0.890. The lowest BCUT2D eigenvalue weighted by Crippen LogP contribution is -2.43. The van der Waals surface area contributed by atoms with Gasteiger partial charge in [-0.05, 0) is 25.8 Å². The van der Waals surface area contributed by atoms with Crippen LogP contribution in [0.25, 0.3) is 0 Å². The molecular formula is C15H20N2O2. The number of hydrogen-bond donors (Lipinski definition) is 1. The van der Waals surface area contributed by atoms with Gasteiger partial charge >= 0.3 is 0 Å². The third-order valence-corrected chi connectivity index (χ3v) is 3.91. The van der Waals surface area contributed by atoms with Crippen LogP contribution in [0.15, 0.2) is 30.3 Å². The van der Waals surface area contributed by atoms with Gasteiger partial charge < -0.3 is 10.6 Å². The molecule has 0 aromatic heterocycles. The highest BCUT2D eigenvalue weighted by Gasteiger charge is 2.38. The van der Waals surface area contributed by atoms with E-state index in [1.807, 2.05) is 44.2 Å². The van der Waals surface area contributed by atoms with Gasteiger partial charge in [0.1, 0.15) is 0 Å². The molecule has 1 atom stereocenters. The molecule has 0 aliphatic carbocycles. The summed E-state index contributed by atoms with van der Waals surface area (Å²) in [5.41, 5.74) is 5.72. The van der Waals surface area contributed by atoms with E-state index >= 15 is 0 Å². The van der Waals surface area contributed by atoms with E-state index in [9.17, 15) is 9.59 Å². The van der Waals surface area contributed by atoms with E-state index in [1.165, 1.54) is 0 Å². The van der Waals surface area contributed by atoms with Crippen molar-refractivity contribution in [2.24, 2.45) is 11.7 Å². The van der Waals surface area contributed by atoms with Gasteiger partial charge in [-0.25, -0.2) is 0 Å². The molecule has 0 saturated carbocycles. The largest absolute Gasteiger partial charge is 0.369 e. The van der Waals surface area contributed by atoms with Crippen LogP contribution in [-0.4, -0.2) is 29.8 Å². The smallest absolute Gasteiger partial charge is 0.232 e. The molecule has 1 aromatic rings. The molecule has 1 aromatic carbocycles. The van der Waals surface area contributed by atoms with E-state index in [0.717, 1.165) is 5.56 Å². The van der Waals surface area contributed by atoms with Crippen LogP contribution in [0.1, 0.15) is 25.8 Å². The zero-order chi connectivity index (χ0) is 14.0. The lowest BCUT2D eigenvalue weighted by Gasteiger charge is -2.29. The summed E-state index contributed by atoms with van der Waals surface area (Å²) in [5, 5.41) is 0. The maximum Gasteiger partial charge on any atom is 0.232 e. The number of carbonyl (C=O) groups is 2. The first-order valence-electron chi connectivity index (χ1n) is 6.57. The van der Waals surface area contributed by atoms with E-state index in [-0.39, 0.29) is 17.7 Å². The van der Waals surface area contributed by atoms with Gasteiger partial charge in [0.15, 0.2) is 0 Å². The van der Waals surface area contributed by atoms with Crippen LogP contribution in [0.3, 0.4) is 0 Å². The summed E-state index contributed by atoms with van der Waals surface area (Å²) in [6.07, 6.45) is 0.673. The number of likely N-dealkylation sites (tertiary alicyclic amines) is 1. The summed E-state index contributed by atoms with van der Waals surface area (Å²) in [7, 11) is 0. The van der Waals surface area contributed by atoms with Crippen molar-refractivity contribution in [3.05, 3.63) is 35.9 Å². The lowest BCUT2D eigenvalue weighted by atomic mass is 9.83. The van der Waals surface area contributed by atoms with E-state index in [4.69, 9.17) is 5.73 Å². The first kappa shape index (κ1) is 13.6. The Labute approximate surface area is 113 Å². The molecule has 2 rings (SSSR count). The zero-order valence-corrected chi connectivity index (χ0v) is 11.4. The van der Waals surface area contributed by atoms with Crippen molar-refractivity contribution >= 4 is 11.8 Å². The molecule has 1 aliphatic heterocycles. The Kier molecular flexibility index (Phi) is 3.60. The molecule has 1 saturated heterocycles. The first-order valence-corrected chi connectivity index (χ1v) is 6.57. The Hall–Kier alpha value is -1.84. The minimum Gasteiger partial charge on any atom is -0.369 e. The Balaban J connectivity index is 2.14. The fraction of sp³-hybridized carbons (Fsp3) is 0.467. The molecule has 0 spiro atoms. The number of rotatable bonds is 3. The van der Waals surface area contributed by atoms with Crippen LogP contribution in [0.2, 0.25) is 0 Å². The highest BCUT2D eigenvalue weighted by molar-refractivity contribution is 5.88. The Morgan fingerprint density at radius 1 is 1.26 bits per heavy atom. The van der Waals surface area contributed by atoms with Crippen molar-refractivity contribution < 1.29 is 9.59 Å². The van der Waals surface area contributed by atoms with Crippen LogP contribution in [0, 0.1) is 5.92 Å². The SMILES string of the molecule is CC(C)(C(=O)N1CCC(C(N)=O)C1)c1ccccc1. The molecule has 1 fully saturated rings. The predicted molar refractivity (Wildman–Crippen MR) is 73.3 cm³/mol. The van der Waals surface area contributed by atoms with Gasteiger partial charge in [0.2, 0.25) is 11.8 Å². The number of primary amides is 1. The van der Waals surface area contributed by atoms with Crippen molar-refractivity contribution in [2.45, 2.75) is 25.7 Å². The average Bonchev–Trinajstić information content (AvgIpc) is 2.88. The Morgan fingerprint density at radius 3 is 2.42 bits per heavy atom. The van der Waals surface area contributed by atoms with Crippen molar-refractivity contribution in [3.63, 3.8) is 0 Å². The maximum absolute atomic E-state index is 12.6. The standard InChI is InChI=1S/C15H20N2O2/c1-15(2,12-6-4-3-5-7-12)14(19)17-9-8-11(10-17)13(16)18/h3-7,11H,8-10H2,1-2H3,(H2,16,18). The van der Waals surface area contributed by atoms with Crippen LogP contribution in [0.5, 0.6) is 0 Å². The Bertz CT molecular complexity index is 482. The molecule has 4 heteroatoms. The van der Waals surface area contributed by atoms with Gasteiger partial charge in [0.05, 0.1) is 11.3 Å². The summed E-state index contributed by atoms with van der Waals surface area (Å²) in [6, 6.07) is 9.71. The summed E-state index contributed by atoms with van der Waals surface area (Å²) in [5.74, 6) is -0.453. The van der Waals surface area contributed by atoms with Crippen LogP contribution in [0.4, 0.5) is 0 Å². The van der Waals surface area contributed by atoms with Crippen LogP contribution < -0.4 is 5.73 Å². The summed E-state index contributed by atoms with van der Waals surface area (Å²) in [4.78, 5) is 25.5. The molecule has 1 aliphatic rings. The molecule has 2 N–H and O–H groups in total. The van der Waals surface area contributed by atoms with Gasteiger partial charge in [-0.1, -0.05) is 30.3 Å². The lowest BCUT2D eigenvalue weighted by molar-refractivity contribution is -0.135. The molecule has 102 valence electrons. The molecular weight excluding hydrogens is 240 g/mol. The van der Waals surface area contributed by atoms with Crippen molar-refractivity contribution in [2.75, 3.05) is 13.1 Å². The van der Waals surface area contributed by atoms with Gasteiger partial charge in [0.25, 0.3) is 0 Å². The molecule has 1 heterocycles. The topological polar surface area (TPSA) is 63.4 Å². The second-order valence-corrected chi connectivity index (χ2v) is 5.63. The van der Waals surface area contributed by atoms with Crippen molar-refractivity contribution in [1.82, 2.24) is 4.90 Å². The molecule has 19 heavy (non-hydrogen) atoms. The fourth-order valence-electron chi connectivity index (χ4n) is 2.55. The van der Waals surface area contributed by atoms with Gasteiger partial charge in [-0.2, -0.15) is 0 Å². The summed E-state index contributed by atoms with van der Waals surface area (Å²) in [6.45, 7) is 4.90. The maximum atomic E-state index is 12.6. The predicted octanol–water partition coefficient (Wildman–Crippen LogP) is 1.30. The number of benzene rings is 1. The normalized spacial score (nSPS) is 19.5. The van der Waals surface area contributed by atoms with Crippen molar-refractivity contribution in [1.29, 1.82) is 0 Å². The van der Waals surface area contributed by atoms with E-state index in [1.54, 1.807) is 4.90 Å². The Morgan fingerprint density at radius 2 is 1.89 bits per heavy atom. The highest BCUT2D eigenvalue weighted by Crippen LogP contribution is 2.28. The van der Waals surface area contributed by atoms with Crippen LogP contribution in [-0.2, 0) is 15.0 Å². The van der Waals surface area contributed by atoms with E-state index in [0.29, 0.717) is 19.5 Å². The van der Waals surface area contributed by atoms with Crippen molar-refractivity contribution in [3.8, 4) is 0 Å².